The number of carboxylic acids is 1. The Morgan fingerprint density at radius 2 is 2.19 bits per heavy atom. The molecule has 1 fully saturated rings. The molecule has 0 aliphatic carbocycles. The lowest BCUT2D eigenvalue weighted by atomic mass is 9.97. The number of rotatable bonds is 6. The molecule has 0 unspecified atom stereocenters. The first-order valence-electron chi connectivity index (χ1n) is 8.75. The van der Waals surface area contributed by atoms with Crippen LogP contribution in [0.2, 0.25) is 0 Å². The maximum Gasteiger partial charge on any atom is 0.335 e. The number of aryl methyl sites for hydroxylation is 2. The quantitative estimate of drug-likeness (QED) is 0.826. The second kappa shape index (κ2) is 7.70. The molecule has 1 aromatic heterocycles. The molecule has 1 aliphatic rings. The van der Waals surface area contributed by atoms with Crippen LogP contribution in [0.15, 0.2) is 30.5 Å². The summed E-state index contributed by atoms with van der Waals surface area (Å²) in [5.74, 6) is -0.496. The summed E-state index contributed by atoms with van der Waals surface area (Å²) in [4.78, 5) is 25.5. The Morgan fingerprint density at radius 3 is 2.88 bits per heavy atom. The zero-order chi connectivity index (χ0) is 18.7. The van der Waals surface area contributed by atoms with Crippen molar-refractivity contribution < 1.29 is 14.7 Å². The fraction of sp³-hybridized carbons (Fsp3) is 0.421. The van der Waals surface area contributed by atoms with Crippen LogP contribution in [0.4, 0.5) is 5.69 Å². The number of carboxylic acid groups (broad SMARTS) is 1. The van der Waals surface area contributed by atoms with E-state index in [0.717, 1.165) is 42.9 Å². The number of hydrogen-bond donors (Lipinski definition) is 2. The number of nitrogens with zero attached hydrogens (tertiary/aromatic N) is 3. The van der Waals surface area contributed by atoms with Crippen molar-refractivity contribution in [3.8, 4) is 0 Å². The van der Waals surface area contributed by atoms with Crippen molar-refractivity contribution in [1.82, 2.24) is 14.7 Å². The second-order valence-electron chi connectivity index (χ2n) is 6.95. The molecule has 2 aromatic rings. The first-order chi connectivity index (χ1) is 12.4. The highest BCUT2D eigenvalue weighted by molar-refractivity contribution is 5.92. The molecule has 7 nitrogen and oxygen atoms in total. The number of aromatic nitrogens is 2. The van der Waals surface area contributed by atoms with Gasteiger partial charge in [-0.05, 0) is 49.9 Å². The lowest BCUT2D eigenvalue weighted by Crippen LogP contribution is -2.31. The van der Waals surface area contributed by atoms with Gasteiger partial charge in [0.1, 0.15) is 0 Å². The molecule has 2 N–H and O–H groups in total. The van der Waals surface area contributed by atoms with Gasteiger partial charge < -0.3 is 10.4 Å². The highest BCUT2D eigenvalue weighted by Crippen LogP contribution is 2.21. The number of aromatic carboxylic acids is 1. The molecular weight excluding hydrogens is 332 g/mol. The molecule has 0 bridgehead atoms. The third-order valence-electron chi connectivity index (χ3n) is 4.72. The van der Waals surface area contributed by atoms with Gasteiger partial charge in [0.25, 0.3) is 0 Å². The lowest BCUT2D eigenvalue weighted by molar-refractivity contribution is -0.117. The minimum Gasteiger partial charge on any atom is -0.478 e. The molecule has 138 valence electrons. The van der Waals surface area contributed by atoms with Gasteiger partial charge in [0, 0.05) is 19.8 Å². The molecular formula is C19H24N4O3. The molecule has 1 amide bonds. The predicted molar refractivity (Wildman–Crippen MR) is 98.2 cm³/mol. The van der Waals surface area contributed by atoms with E-state index in [1.165, 1.54) is 0 Å². The number of likely N-dealkylation sites (tertiary alicyclic amines) is 1. The number of anilines is 1. The third kappa shape index (κ3) is 4.49. The molecule has 2 heterocycles. The number of carbonyl (C=O) groups excluding carboxylic acids is 1. The monoisotopic (exact) mass is 356 g/mol. The number of amides is 1. The van der Waals surface area contributed by atoms with Crippen molar-refractivity contribution in [2.24, 2.45) is 13.0 Å². The van der Waals surface area contributed by atoms with E-state index in [0.29, 0.717) is 18.0 Å². The molecule has 1 saturated heterocycles. The average molecular weight is 356 g/mol. The lowest BCUT2D eigenvalue weighted by Gasteiger charge is -2.15. The van der Waals surface area contributed by atoms with Gasteiger partial charge in [-0.15, -0.1) is 0 Å². The van der Waals surface area contributed by atoms with Crippen LogP contribution in [0.25, 0.3) is 0 Å². The second-order valence-corrected chi connectivity index (χ2v) is 6.95. The first kappa shape index (κ1) is 18.1. The van der Waals surface area contributed by atoms with Gasteiger partial charge in [0.15, 0.2) is 0 Å². The predicted octanol–water partition coefficient (Wildman–Crippen LogP) is 1.93. The molecule has 0 spiro atoms. The Bertz CT molecular complexity index is 815. The summed E-state index contributed by atoms with van der Waals surface area (Å²) in [7, 11) is 1.83. The maximum atomic E-state index is 12.3. The summed E-state index contributed by atoms with van der Waals surface area (Å²) >= 11 is 0. The first-order valence-corrected chi connectivity index (χ1v) is 8.75. The smallest absolute Gasteiger partial charge is 0.335 e. The molecule has 1 atom stereocenters. The van der Waals surface area contributed by atoms with Crippen LogP contribution in [0.5, 0.6) is 0 Å². The van der Waals surface area contributed by atoms with E-state index in [-0.39, 0.29) is 5.91 Å². The number of hydrogen-bond acceptors (Lipinski definition) is 4. The van der Waals surface area contributed by atoms with Gasteiger partial charge in [-0.1, -0.05) is 12.1 Å². The highest BCUT2D eigenvalue weighted by Gasteiger charge is 2.24. The molecule has 1 aromatic carbocycles. The van der Waals surface area contributed by atoms with E-state index in [1.54, 1.807) is 29.1 Å². The Labute approximate surface area is 152 Å². The van der Waals surface area contributed by atoms with Crippen molar-refractivity contribution in [1.29, 1.82) is 0 Å². The fourth-order valence-electron chi connectivity index (χ4n) is 3.50. The Balaban J connectivity index is 1.50. The van der Waals surface area contributed by atoms with E-state index in [4.69, 9.17) is 5.11 Å². The normalized spacial score (nSPS) is 17.4. The standard InChI is InChI=1S/C19H24N4O3/c1-13-17(11-22(2)21-13)20-18(24)12-23-7-6-15(10-23)8-14-4-3-5-16(9-14)19(25)26/h3-5,9,11,15H,6-8,10,12H2,1-2H3,(H,20,24)(H,25,26)/t15-/m0/s1. The maximum absolute atomic E-state index is 12.3. The zero-order valence-corrected chi connectivity index (χ0v) is 15.1. The van der Waals surface area contributed by atoms with Crippen molar-refractivity contribution >= 4 is 17.6 Å². The summed E-state index contributed by atoms with van der Waals surface area (Å²) in [6, 6.07) is 7.10. The Morgan fingerprint density at radius 1 is 1.38 bits per heavy atom. The molecule has 0 saturated carbocycles. The van der Waals surface area contributed by atoms with E-state index in [1.807, 2.05) is 20.0 Å². The number of benzene rings is 1. The van der Waals surface area contributed by atoms with Gasteiger partial charge in [-0.3, -0.25) is 14.4 Å². The van der Waals surface area contributed by atoms with Crippen molar-refractivity contribution in [2.45, 2.75) is 19.8 Å². The van der Waals surface area contributed by atoms with Gasteiger partial charge in [0.05, 0.1) is 23.5 Å². The van der Waals surface area contributed by atoms with Crippen LogP contribution in [0.3, 0.4) is 0 Å². The Kier molecular flexibility index (Phi) is 5.37. The molecule has 1 aliphatic heterocycles. The van der Waals surface area contributed by atoms with E-state index >= 15 is 0 Å². The summed E-state index contributed by atoms with van der Waals surface area (Å²) in [5, 5.41) is 16.2. The van der Waals surface area contributed by atoms with Crippen LogP contribution < -0.4 is 5.32 Å². The van der Waals surface area contributed by atoms with Gasteiger partial charge in [-0.25, -0.2) is 4.79 Å². The third-order valence-corrected chi connectivity index (χ3v) is 4.72. The van der Waals surface area contributed by atoms with E-state index < -0.39 is 5.97 Å². The summed E-state index contributed by atoms with van der Waals surface area (Å²) in [6.45, 7) is 3.95. The van der Waals surface area contributed by atoms with Crippen LogP contribution in [-0.4, -0.2) is 51.3 Å². The highest BCUT2D eigenvalue weighted by atomic mass is 16.4. The minimum absolute atomic E-state index is 0.0328. The van der Waals surface area contributed by atoms with Crippen LogP contribution >= 0.6 is 0 Å². The topological polar surface area (TPSA) is 87.5 Å². The van der Waals surface area contributed by atoms with Crippen molar-refractivity contribution in [3.05, 3.63) is 47.3 Å². The van der Waals surface area contributed by atoms with Crippen LogP contribution in [0, 0.1) is 12.8 Å². The van der Waals surface area contributed by atoms with Gasteiger partial charge in [-0.2, -0.15) is 5.10 Å². The van der Waals surface area contributed by atoms with Crippen molar-refractivity contribution in [2.75, 3.05) is 25.0 Å². The molecule has 0 radical (unpaired) electrons. The summed E-state index contributed by atoms with van der Waals surface area (Å²) < 4.78 is 1.68. The average Bonchev–Trinajstić information content (AvgIpc) is 3.13. The van der Waals surface area contributed by atoms with Crippen molar-refractivity contribution in [3.63, 3.8) is 0 Å². The SMILES string of the molecule is Cc1nn(C)cc1NC(=O)CN1CC[C@@H](Cc2cccc(C(=O)O)c2)C1. The van der Waals surface area contributed by atoms with Crippen LogP contribution in [0.1, 0.15) is 28.0 Å². The number of nitrogens with one attached hydrogen (secondary N) is 1. The van der Waals surface area contributed by atoms with E-state index in [9.17, 15) is 9.59 Å². The Hall–Kier alpha value is -2.67. The van der Waals surface area contributed by atoms with E-state index in [2.05, 4.69) is 15.3 Å². The summed E-state index contributed by atoms with van der Waals surface area (Å²) in [6.07, 6.45) is 3.65. The molecule has 3 rings (SSSR count). The summed E-state index contributed by atoms with van der Waals surface area (Å²) in [5.41, 5.74) is 2.91. The number of carbonyl (C=O) groups is 2. The van der Waals surface area contributed by atoms with Crippen LogP contribution in [-0.2, 0) is 18.3 Å². The molecule has 26 heavy (non-hydrogen) atoms. The zero-order valence-electron chi connectivity index (χ0n) is 15.1. The van der Waals surface area contributed by atoms with Gasteiger partial charge in [0.2, 0.25) is 5.91 Å². The molecule has 7 heteroatoms. The van der Waals surface area contributed by atoms with Gasteiger partial charge >= 0.3 is 5.97 Å². The largest absolute Gasteiger partial charge is 0.478 e. The fourth-order valence-corrected chi connectivity index (χ4v) is 3.50. The minimum atomic E-state index is -0.901.